The van der Waals surface area contributed by atoms with Crippen molar-refractivity contribution in [3.63, 3.8) is 0 Å². The molecule has 1 saturated heterocycles. The van der Waals surface area contributed by atoms with Crippen molar-refractivity contribution < 1.29 is 13.2 Å². The van der Waals surface area contributed by atoms with Crippen LogP contribution < -0.4 is 4.90 Å². The van der Waals surface area contributed by atoms with E-state index in [0.29, 0.717) is 30.9 Å². The lowest BCUT2D eigenvalue weighted by Crippen LogP contribution is -2.54. The van der Waals surface area contributed by atoms with Crippen molar-refractivity contribution in [2.45, 2.75) is 33.0 Å². The third-order valence-electron chi connectivity index (χ3n) is 3.91. The fourth-order valence-electron chi connectivity index (χ4n) is 2.87. The summed E-state index contributed by atoms with van der Waals surface area (Å²) in [6.07, 6.45) is -4.18. The Bertz CT molecular complexity index is 592. The molecule has 1 aromatic heterocycles. The molecule has 0 saturated carbocycles. The molecule has 22 heavy (non-hydrogen) atoms. The largest absolute Gasteiger partial charge is 0.401 e. The zero-order valence-electron chi connectivity index (χ0n) is 12.9. The van der Waals surface area contributed by atoms with Gasteiger partial charge in [0.05, 0.1) is 23.5 Å². The Kier molecular flexibility index (Phi) is 4.61. The standard InChI is InChI=1S/C15H19F3N4/c1-10-6-14(13(7-19)12(3)20-10)21-4-5-22(11(2)8-21)9-15(16,17)18/h6,11H,4-5,8-9H2,1-3H3. The molecule has 120 valence electrons. The molecule has 1 atom stereocenters. The van der Waals surface area contributed by atoms with Gasteiger partial charge in [-0.3, -0.25) is 9.88 Å². The highest BCUT2D eigenvalue weighted by atomic mass is 19.4. The lowest BCUT2D eigenvalue weighted by Gasteiger charge is -2.41. The van der Waals surface area contributed by atoms with E-state index in [0.717, 1.165) is 11.4 Å². The molecule has 1 fully saturated rings. The van der Waals surface area contributed by atoms with Crippen LogP contribution in [0.2, 0.25) is 0 Å². The van der Waals surface area contributed by atoms with Gasteiger partial charge in [0.15, 0.2) is 0 Å². The number of nitrogens with zero attached hydrogens (tertiary/aromatic N) is 4. The normalized spacial score (nSPS) is 20.0. The number of anilines is 1. The first-order chi connectivity index (χ1) is 10.2. The first-order valence-electron chi connectivity index (χ1n) is 7.15. The van der Waals surface area contributed by atoms with E-state index < -0.39 is 12.7 Å². The molecule has 7 heteroatoms. The van der Waals surface area contributed by atoms with Gasteiger partial charge in [-0.2, -0.15) is 18.4 Å². The predicted molar refractivity (Wildman–Crippen MR) is 77.7 cm³/mol. The molecule has 0 aromatic carbocycles. The third-order valence-corrected chi connectivity index (χ3v) is 3.91. The zero-order valence-corrected chi connectivity index (χ0v) is 12.9. The summed E-state index contributed by atoms with van der Waals surface area (Å²) in [5.74, 6) is 0. The summed E-state index contributed by atoms with van der Waals surface area (Å²) in [7, 11) is 0. The second-order valence-corrected chi connectivity index (χ2v) is 5.74. The number of hydrogen-bond donors (Lipinski definition) is 0. The van der Waals surface area contributed by atoms with Gasteiger partial charge >= 0.3 is 6.18 Å². The number of piperazine rings is 1. The molecule has 0 N–H and O–H groups in total. The number of aromatic nitrogens is 1. The zero-order chi connectivity index (χ0) is 16.5. The van der Waals surface area contributed by atoms with Crippen LogP contribution in [-0.4, -0.2) is 48.3 Å². The Hall–Kier alpha value is -1.81. The van der Waals surface area contributed by atoms with E-state index >= 15 is 0 Å². The molecular formula is C15H19F3N4. The average Bonchev–Trinajstić information content (AvgIpc) is 2.39. The van der Waals surface area contributed by atoms with Crippen molar-refractivity contribution in [2.75, 3.05) is 31.1 Å². The van der Waals surface area contributed by atoms with Crippen LogP contribution in [0.4, 0.5) is 18.9 Å². The minimum Gasteiger partial charge on any atom is -0.368 e. The molecule has 1 aliphatic heterocycles. The van der Waals surface area contributed by atoms with Crippen molar-refractivity contribution in [1.29, 1.82) is 5.26 Å². The second kappa shape index (κ2) is 6.13. The van der Waals surface area contributed by atoms with Crippen LogP contribution in [0, 0.1) is 25.2 Å². The maximum Gasteiger partial charge on any atom is 0.401 e. The van der Waals surface area contributed by atoms with Crippen molar-refractivity contribution >= 4 is 5.69 Å². The maximum absolute atomic E-state index is 12.6. The van der Waals surface area contributed by atoms with Gasteiger partial charge in [0.2, 0.25) is 0 Å². The minimum atomic E-state index is -4.18. The SMILES string of the molecule is Cc1cc(N2CCN(CC(F)(F)F)C(C)C2)c(C#N)c(C)n1. The van der Waals surface area contributed by atoms with E-state index in [4.69, 9.17) is 0 Å². The van der Waals surface area contributed by atoms with Gasteiger partial charge < -0.3 is 4.90 Å². The van der Waals surface area contributed by atoms with Crippen LogP contribution in [0.15, 0.2) is 6.07 Å². The van der Waals surface area contributed by atoms with Gasteiger partial charge in [0, 0.05) is 31.4 Å². The average molecular weight is 312 g/mol. The predicted octanol–water partition coefficient (Wildman–Crippen LogP) is 2.64. The quantitative estimate of drug-likeness (QED) is 0.842. The summed E-state index contributed by atoms with van der Waals surface area (Å²) in [6, 6.07) is 3.76. The summed E-state index contributed by atoms with van der Waals surface area (Å²) in [5, 5.41) is 9.32. The maximum atomic E-state index is 12.6. The van der Waals surface area contributed by atoms with Crippen molar-refractivity contribution in [1.82, 2.24) is 9.88 Å². The molecule has 1 unspecified atom stereocenters. The van der Waals surface area contributed by atoms with Crippen molar-refractivity contribution in [3.05, 3.63) is 23.0 Å². The second-order valence-electron chi connectivity index (χ2n) is 5.74. The number of hydrogen-bond acceptors (Lipinski definition) is 4. The number of alkyl halides is 3. The Morgan fingerprint density at radius 3 is 2.59 bits per heavy atom. The van der Waals surface area contributed by atoms with Gasteiger partial charge in [0.1, 0.15) is 6.07 Å². The van der Waals surface area contributed by atoms with E-state index in [9.17, 15) is 18.4 Å². The highest BCUT2D eigenvalue weighted by Crippen LogP contribution is 2.27. The summed E-state index contributed by atoms with van der Waals surface area (Å²) in [6.45, 7) is 5.78. The number of rotatable bonds is 2. The van der Waals surface area contributed by atoms with Crippen LogP contribution in [-0.2, 0) is 0 Å². The fourth-order valence-corrected chi connectivity index (χ4v) is 2.87. The lowest BCUT2D eigenvalue weighted by molar-refractivity contribution is -0.150. The molecule has 2 rings (SSSR count). The smallest absolute Gasteiger partial charge is 0.368 e. The van der Waals surface area contributed by atoms with E-state index in [1.54, 1.807) is 13.8 Å². The Labute approximate surface area is 128 Å². The summed E-state index contributed by atoms with van der Waals surface area (Å²) in [4.78, 5) is 7.69. The van der Waals surface area contributed by atoms with E-state index in [2.05, 4.69) is 11.1 Å². The van der Waals surface area contributed by atoms with Gasteiger partial charge in [-0.1, -0.05) is 0 Å². The van der Waals surface area contributed by atoms with Gasteiger partial charge in [-0.15, -0.1) is 0 Å². The third kappa shape index (κ3) is 3.69. The molecule has 0 amide bonds. The number of pyridine rings is 1. The van der Waals surface area contributed by atoms with Crippen LogP contribution in [0.3, 0.4) is 0 Å². The molecule has 1 aliphatic rings. The molecule has 1 aromatic rings. The Morgan fingerprint density at radius 2 is 2.05 bits per heavy atom. The molecule has 0 bridgehead atoms. The van der Waals surface area contributed by atoms with Gasteiger partial charge in [0.25, 0.3) is 0 Å². The highest BCUT2D eigenvalue weighted by Gasteiger charge is 2.35. The first kappa shape index (κ1) is 16.6. The van der Waals surface area contributed by atoms with E-state index in [-0.39, 0.29) is 6.04 Å². The molecule has 2 heterocycles. The summed E-state index contributed by atoms with van der Waals surface area (Å²) < 4.78 is 37.7. The monoisotopic (exact) mass is 312 g/mol. The number of aryl methyl sites for hydroxylation is 2. The highest BCUT2D eigenvalue weighted by molar-refractivity contribution is 5.62. The molecule has 0 radical (unpaired) electrons. The van der Waals surface area contributed by atoms with Crippen molar-refractivity contribution in [2.24, 2.45) is 0 Å². The Morgan fingerprint density at radius 1 is 1.36 bits per heavy atom. The number of halogens is 3. The van der Waals surface area contributed by atoms with Crippen molar-refractivity contribution in [3.8, 4) is 6.07 Å². The molecule has 0 spiro atoms. The van der Waals surface area contributed by atoms with Crippen LogP contribution in [0.5, 0.6) is 0 Å². The molecular weight excluding hydrogens is 293 g/mol. The lowest BCUT2D eigenvalue weighted by atomic mass is 10.1. The molecule has 0 aliphatic carbocycles. The summed E-state index contributed by atoms with van der Waals surface area (Å²) in [5.41, 5.74) is 2.73. The van der Waals surface area contributed by atoms with E-state index in [1.807, 2.05) is 17.9 Å². The number of nitriles is 1. The van der Waals surface area contributed by atoms with Gasteiger partial charge in [-0.25, -0.2) is 0 Å². The first-order valence-corrected chi connectivity index (χ1v) is 7.15. The van der Waals surface area contributed by atoms with Crippen LogP contribution >= 0.6 is 0 Å². The minimum absolute atomic E-state index is 0.226. The van der Waals surface area contributed by atoms with Crippen LogP contribution in [0.1, 0.15) is 23.9 Å². The topological polar surface area (TPSA) is 43.2 Å². The van der Waals surface area contributed by atoms with Gasteiger partial charge in [-0.05, 0) is 26.8 Å². The summed E-state index contributed by atoms with van der Waals surface area (Å²) >= 11 is 0. The van der Waals surface area contributed by atoms with E-state index in [1.165, 1.54) is 4.90 Å². The fraction of sp³-hybridized carbons (Fsp3) is 0.600. The molecule has 4 nitrogen and oxygen atoms in total. The van der Waals surface area contributed by atoms with Crippen LogP contribution in [0.25, 0.3) is 0 Å². The Balaban J connectivity index is 2.19.